The normalized spacial score (nSPS) is 16.1. The van der Waals surface area contributed by atoms with Gasteiger partial charge in [0.1, 0.15) is 5.82 Å². The molecule has 9 heteroatoms. The van der Waals surface area contributed by atoms with Gasteiger partial charge < -0.3 is 20.4 Å². The number of carbonyl (C=O) groups is 1. The monoisotopic (exact) mass is 391 g/mol. The number of ether oxygens (including phenoxy) is 1. The summed E-state index contributed by atoms with van der Waals surface area (Å²) in [5.74, 6) is 0.785. The molecule has 0 spiro atoms. The molecule has 1 aromatic carbocycles. The first kappa shape index (κ1) is 18.1. The number of aryl methyl sites for hydroxylation is 1. The van der Waals surface area contributed by atoms with Crippen LogP contribution in [0.15, 0.2) is 11.4 Å². The van der Waals surface area contributed by atoms with Gasteiger partial charge in [-0.25, -0.2) is 14.2 Å². The van der Waals surface area contributed by atoms with Gasteiger partial charge in [-0.2, -0.15) is 0 Å². The van der Waals surface area contributed by atoms with Gasteiger partial charge >= 0.3 is 6.03 Å². The number of hydrogen-bond acceptors (Lipinski definition) is 5. The predicted molar refractivity (Wildman–Crippen MR) is 101 cm³/mol. The second kappa shape index (κ2) is 7.40. The van der Waals surface area contributed by atoms with Gasteiger partial charge in [0.25, 0.3) is 0 Å². The van der Waals surface area contributed by atoms with Crippen molar-refractivity contribution in [2.24, 2.45) is 10.9 Å². The highest BCUT2D eigenvalue weighted by molar-refractivity contribution is 7.97. The van der Waals surface area contributed by atoms with Crippen molar-refractivity contribution in [1.82, 2.24) is 9.55 Å². The van der Waals surface area contributed by atoms with Gasteiger partial charge in [0.05, 0.1) is 12.9 Å². The van der Waals surface area contributed by atoms with Crippen molar-refractivity contribution in [2.45, 2.75) is 50.1 Å². The van der Waals surface area contributed by atoms with Crippen molar-refractivity contribution < 1.29 is 13.9 Å². The maximum absolute atomic E-state index is 14.0. The van der Waals surface area contributed by atoms with Crippen molar-refractivity contribution >= 4 is 23.7 Å². The van der Waals surface area contributed by atoms with E-state index in [0.29, 0.717) is 0 Å². The molecular weight excluding hydrogens is 369 g/mol. The van der Waals surface area contributed by atoms with Crippen LogP contribution in [0.1, 0.15) is 35.1 Å². The first-order valence-electron chi connectivity index (χ1n) is 9.06. The molecule has 0 radical (unpaired) electrons. The van der Waals surface area contributed by atoms with Gasteiger partial charge in [0.15, 0.2) is 5.03 Å². The maximum atomic E-state index is 14.0. The molecule has 2 aliphatic carbocycles. The second-order valence-corrected chi connectivity index (χ2v) is 7.44. The van der Waals surface area contributed by atoms with E-state index in [1.54, 1.807) is 6.33 Å². The zero-order valence-electron chi connectivity index (χ0n) is 14.9. The lowest BCUT2D eigenvalue weighted by Gasteiger charge is -2.26. The number of halogens is 1. The number of nitrogens with one attached hydrogen (secondary N) is 1. The van der Waals surface area contributed by atoms with Gasteiger partial charge in [0, 0.05) is 12.2 Å². The van der Waals surface area contributed by atoms with Crippen molar-refractivity contribution in [3.63, 3.8) is 0 Å². The molecule has 2 aromatic rings. The minimum Gasteiger partial charge on any atom is -0.477 e. The Morgan fingerprint density at radius 3 is 2.59 bits per heavy atom. The number of primary amides is 1. The van der Waals surface area contributed by atoms with Crippen LogP contribution in [-0.4, -0.2) is 22.2 Å². The fourth-order valence-electron chi connectivity index (χ4n) is 3.93. The van der Waals surface area contributed by atoms with E-state index in [1.165, 1.54) is 0 Å². The Hall–Kier alpha value is -2.26. The quantitative estimate of drug-likeness (QED) is 0.682. The van der Waals surface area contributed by atoms with Crippen LogP contribution in [0.5, 0.6) is 5.88 Å². The molecule has 3 aliphatic rings. The molecule has 144 valence electrons. The predicted octanol–water partition coefficient (Wildman–Crippen LogP) is 2.54. The van der Waals surface area contributed by atoms with E-state index < -0.39 is 6.03 Å². The Morgan fingerprint density at radius 2 is 1.89 bits per heavy atom. The molecule has 0 fully saturated rings. The number of anilines is 1. The molecule has 2 heterocycles. The largest absolute Gasteiger partial charge is 0.477 e. The summed E-state index contributed by atoms with van der Waals surface area (Å²) in [6, 6.07) is -0.560. The summed E-state index contributed by atoms with van der Waals surface area (Å²) < 4.78 is 21.4. The third-order valence-corrected chi connectivity index (χ3v) is 5.74. The number of urea groups is 1. The third-order valence-electron chi connectivity index (χ3n) is 5.24. The molecule has 0 bridgehead atoms. The van der Waals surface area contributed by atoms with Gasteiger partial charge in [-0.1, -0.05) is 0 Å². The molecule has 7 nitrogen and oxygen atoms in total. The summed E-state index contributed by atoms with van der Waals surface area (Å²) in [6.45, 7) is 1.77. The molecule has 0 saturated carbocycles. The highest BCUT2D eigenvalue weighted by Gasteiger charge is 2.31. The average molecular weight is 391 g/mol. The third kappa shape index (κ3) is 3.25. The standard InChI is InChI=1S/C12H13FN2O.C6H9N3OS/c13-10-6-2-1-3-8(6)11(15-12(14)16)9-5-4-7(9)10;7-11-5-6-9(4-8-5)2-1-3-10-6/h1-5H2,(H3,14,15,16);4H,1-3,7H2. The van der Waals surface area contributed by atoms with Crippen LogP contribution < -0.4 is 20.9 Å². The fraction of sp³-hybridized carbons (Fsp3) is 0.444. The number of rotatable bonds is 2. The van der Waals surface area contributed by atoms with E-state index >= 15 is 0 Å². The van der Waals surface area contributed by atoms with E-state index in [-0.39, 0.29) is 5.82 Å². The molecule has 5 rings (SSSR count). The highest BCUT2D eigenvalue weighted by atomic mass is 32.2. The Labute approximate surface area is 160 Å². The first-order valence-corrected chi connectivity index (χ1v) is 9.94. The number of carbonyl (C=O) groups excluding carboxylic acids is 1. The Balaban J connectivity index is 0.000000143. The molecule has 1 aliphatic heterocycles. The number of nitrogens with two attached hydrogens (primary N) is 2. The van der Waals surface area contributed by atoms with Gasteiger partial charge in [-0.3, -0.25) is 5.14 Å². The lowest BCUT2D eigenvalue weighted by molar-refractivity contribution is 0.235. The van der Waals surface area contributed by atoms with Gasteiger partial charge in [0.2, 0.25) is 5.88 Å². The van der Waals surface area contributed by atoms with Crippen LogP contribution in [0.4, 0.5) is 14.9 Å². The van der Waals surface area contributed by atoms with Crippen molar-refractivity contribution in [2.75, 3.05) is 11.9 Å². The van der Waals surface area contributed by atoms with Crippen LogP contribution in [0.2, 0.25) is 0 Å². The van der Waals surface area contributed by atoms with Crippen LogP contribution in [0.3, 0.4) is 0 Å². The molecule has 27 heavy (non-hydrogen) atoms. The minimum atomic E-state index is -0.560. The summed E-state index contributed by atoms with van der Waals surface area (Å²) in [6.07, 6.45) is 7.03. The van der Waals surface area contributed by atoms with Crippen molar-refractivity contribution in [1.29, 1.82) is 0 Å². The van der Waals surface area contributed by atoms with E-state index in [1.807, 2.05) is 4.57 Å². The summed E-state index contributed by atoms with van der Waals surface area (Å²) in [4.78, 5) is 15.1. The summed E-state index contributed by atoms with van der Waals surface area (Å²) >= 11 is 1.13. The molecular formula is C18H22FN5O2S. The van der Waals surface area contributed by atoms with Crippen molar-refractivity contribution in [3.05, 3.63) is 34.4 Å². The smallest absolute Gasteiger partial charge is 0.316 e. The van der Waals surface area contributed by atoms with Crippen LogP contribution in [-0.2, 0) is 32.2 Å². The minimum absolute atomic E-state index is 0.0382. The van der Waals surface area contributed by atoms with Crippen LogP contribution >= 0.6 is 11.9 Å². The lowest BCUT2D eigenvalue weighted by atomic mass is 9.83. The molecule has 0 saturated heterocycles. The lowest BCUT2D eigenvalue weighted by Crippen LogP contribution is -2.25. The van der Waals surface area contributed by atoms with E-state index in [4.69, 9.17) is 15.6 Å². The van der Waals surface area contributed by atoms with E-state index in [0.717, 1.165) is 102 Å². The van der Waals surface area contributed by atoms with Crippen molar-refractivity contribution in [3.8, 4) is 5.88 Å². The first-order chi connectivity index (χ1) is 13.1. The SMILES string of the molecule is NC(=O)Nc1c2c(c(F)c3c1CC3)CCC2.NSc1ncn2c1OCCC2. The number of aromatic nitrogens is 2. The van der Waals surface area contributed by atoms with Gasteiger partial charge in [-0.15, -0.1) is 0 Å². The topological polar surface area (TPSA) is 108 Å². The number of fused-ring (bicyclic) bond motifs is 3. The average Bonchev–Trinajstić information content (AvgIpc) is 3.26. The molecule has 1 aromatic heterocycles. The molecule has 0 atom stereocenters. The number of hydrogen-bond donors (Lipinski definition) is 3. The summed E-state index contributed by atoms with van der Waals surface area (Å²) in [5.41, 5.74) is 9.45. The fourth-order valence-corrected chi connectivity index (χ4v) is 4.32. The Morgan fingerprint density at radius 1 is 1.19 bits per heavy atom. The number of nitrogens with zero attached hydrogens (tertiary/aromatic N) is 2. The zero-order chi connectivity index (χ0) is 19.0. The Bertz CT molecular complexity index is 885. The van der Waals surface area contributed by atoms with Gasteiger partial charge in [-0.05, 0) is 72.7 Å². The second-order valence-electron chi connectivity index (χ2n) is 6.81. The highest BCUT2D eigenvalue weighted by Crippen LogP contribution is 2.41. The van der Waals surface area contributed by atoms with E-state index in [9.17, 15) is 9.18 Å². The van der Waals surface area contributed by atoms with Crippen LogP contribution in [0.25, 0.3) is 0 Å². The zero-order valence-corrected chi connectivity index (χ0v) is 15.7. The van der Waals surface area contributed by atoms with Crippen LogP contribution in [0, 0.1) is 5.82 Å². The Kier molecular flexibility index (Phi) is 4.96. The molecule has 0 unspecified atom stereocenters. The maximum Gasteiger partial charge on any atom is 0.316 e. The molecule has 2 amide bonds. The number of benzene rings is 1. The molecule has 5 N–H and O–H groups in total. The summed E-state index contributed by atoms with van der Waals surface area (Å²) in [5, 5.41) is 8.83. The van der Waals surface area contributed by atoms with E-state index in [2.05, 4.69) is 10.3 Å². The summed E-state index contributed by atoms with van der Waals surface area (Å²) in [7, 11) is 0. The number of imidazole rings is 1. The number of amides is 2.